The van der Waals surface area contributed by atoms with Crippen molar-refractivity contribution in [3.63, 3.8) is 0 Å². The lowest BCUT2D eigenvalue weighted by Crippen LogP contribution is -2.42. The molecule has 0 rings (SSSR count). The van der Waals surface area contributed by atoms with Crippen LogP contribution in [0.2, 0.25) is 0 Å². The van der Waals surface area contributed by atoms with Crippen LogP contribution in [0.4, 0.5) is 0 Å². The maximum Gasteiger partial charge on any atom is 0.217 e. The van der Waals surface area contributed by atoms with Gasteiger partial charge in [0, 0.05) is 0 Å². The molecule has 0 radical (unpaired) electrons. The molecule has 1 N–H and O–H groups in total. The fourth-order valence-electron chi connectivity index (χ4n) is 4.01. The van der Waals surface area contributed by atoms with Gasteiger partial charge in [-0.15, -0.1) is 0 Å². The molecule has 0 aromatic rings. The van der Waals surface area contributed by atoms with E-state index in [-0.39, 0.29) is 0 Å². The molecule has 0 aliphatic rings. The number of rotatable bonds is 23. The molecule has 8 heteroatoms. The van der Waals surface area contributed by atoms with Crippen molar-refractivity contribution in [3.05, 3.63) is 5.73 Å². The van der Waals surface area contributed by atoms with Crippen LogP contribution in [0, 0.1) is 0 Å². The van der Waals surface area contributed by atoms with Crippen molar-refractivity contribution in [2.24, 2.45) is 0 Å². The van der Waals surface area contributed by atoms with Gasteiger partial charge in [-0.3, -0.25) is 4.18 Å². The second-order valence-electron chi connectivity index (χ2n) is 11.8. The minimum atomic E-state index is -4.41. The summed E-state index contributed by atoms with van der Waals surface area (Å²) in [5.74, 6) is 0. The van der Waals surface area contributed by atoms with Crippen molar-refractivity contribution in [3.8, 4) is 0 Å². The maximum atomic E-state index is 9.22. The van der Waals surface area contributed by atoms with Gasteiger partial charge in [-0.2, -0.15) is 6.54 Å². The van der Waals surface area contributed by atoms with Crippen LogP contribution in [0.3, 0.4) is 0 Å². The second kappa shape index (κ2) is 34.2. The van der Waals surface area contributed by atoms with Crippen molar-refractivity contribution in [2.45, 2.75) is 151 Å². The molecule has 0 unspecified atom stereocenters. The minimum absolute atomic E-state index is 0.623. The first kappa shape index (κ1) is 47.7. The summed E-state index contributed by atoms with van der Waals surface area (Å²) in [6.07, 6.45) is 22.5. The lowest BCUT2D eigenvalue weighted by molar-refractivity contribution is -0.904. The van der Waals surface area contributed by atoms with Crippen LogP contribution in [0.15, 0.2) is 0 Å². The van der Waals surface area contributed by atoms with Gasteiger partial charge in [0.25, 0.3) is 0 Å². The number of hydrogen-bond acceptors (Lipinski definition) is 4. The number of unbranched alkanes of at least 4 members (excludes halogenated alkanes) is 15. The van der Waals surface area contributed by atoms with Gasteiger partial charge in [0.05, 0.1) is 60.5 Å². The molecule has 0 spiro atoms. The zero-order chi connectivity index (χ0) is 32.5. The van der Waals surface area contributed by atoms with Gasteiger partial charge >= 0.3 is 0 Å². The highest BCUT2D eigenvalue weighted by molar-refractivity contribution is 7.80. The average molecular weight is 612 g/mol. The predicted octanol–water partition coefficient (Wildman–Crippen LogP) is 9.38. The smallest absolute Gasteiger partial charge is 0.217 e. The summed E-state index contributed by atoms with van der Waals surface area (Å²) in [6, 6.07) is 0. The molecule has 254 valence electrons. The summed E-state index contributed by atoms with van der Waals surface area (Å²) in [5, 5.41) is 0. The Morgan fingerprint density at radius 3 is 0.829 bits per heavy atom. The van der Waals surface area contributed by atoms with Gasteiger partial charge in [0.2, 0.25) is 10.4 Å². The second-order valence-corrected chi connectivity index (χ2v) is 12.9. The molecule has 0 saturated heterocycles. The molecule has 0 fully saturated rings. The number of nitrogens with zero attached hydrogens (tertiary/aromatic N) is 2. The Labute approximate surface area is 260 Å². The van der Waals surface area contributed by atoms with Crippen LogP contribution in [-0.4, -0.2) is 89.0 Å². The topological polar surface area (TPSA) is 90.2 Å². The number of quaternary nitrogens is 2. The summed E-state index contributed by atoms with van der Waals surface area (Å²) in [7, 11) is 0.979. The van der Waals surface area contributed by atoms with Crippen molar-refractivity contribution in [1.29, 1.82) is 0 Å². The summed E-state index contributed by atoms with van der Waals surface area (Å²) >= 11 is 0. The van der Waals surface area contributed by atoms with Gasteiger partial charge < -0.3 is 19.3 Å². The van der Waals surface area contributed by atoms with Gasteiger partial charge in [-0.25, -0.2) is 8.42 Å². The van der Waals surface area contributed by atoms with Crippen molar-refractivity contribution in [2.75, 3.05) is 67.0 Å². The van der Waals surface area contributed by atoms with E-state index in [2.05, 4.69) is 66.7 Å². The van der Waals surface area contributed by atoms with Gasteiger partial charge in [0.15, 0.2) is 0 Å². The average Bonchev–Trinajstić information content (AvgIpc) is 2.99. The molecule has 0 aliphatic heterocycles. The standard InChI is InChI=1S/C18H38N.2C7H18N.CH4O4S/c1-2-3-4-5-6-7-8-9-10-11-12-13-14-15-16-17-18-19;2*1-5-8(4,6-2)7-3;1-5-6(2,3)4/h19H,2-18H2,1H3;2*5-7H2,1-4H3;1H3,(H,2,3,4)/q-1;2*+1;/p-1. The van der Waals surface area contributed by atoms with Crippen LogP contribution in [0.1, 0.15) is 151 Å². The molecule has 0 amide bonds. The normalized spacial score (nSPS) is 11.5. The van der Waals surface area contributed by atoms with E-state index in [9.17, 15) is 13.0 Å². The Morgan fingerprint density at radius 2 is 0.707 bits per heavy atom. The Hall–Kier alpha value is -0.250. The Morgan fingerprint density at radius 1 is 0.512 bits per heavy atom. The van der Waals surface area contributed by atoms with Crippen molar-refractivity contribution < 1.29 is 26.1 Å². The quantitative estimate of drug-likeness (QED) is 0.0498. The Kier molecular flexibility index (Phi) is 39.8. The highest BCUT2D eigenvalue weighted by atomic mass is 32.3. The first-order valence-electron chi connectivity index (χ1n) is 17.2. The minimum Gasteiger partial charge on any atom is -0.726 e. The summed E-state index contributed by atoms with van der Waals surface area (Å²) in [6.45, 7) is 23.9. The largest absolute Gasteiger partial charge is 0.726 e. The lowest BCUT2D eigenvalue weighted by Gasteiger charge is -2.30. The number of hydrogen-bond donors (Lipinski definition) is 0. The summed E-state index contributed by atoms with van der Waals surface area (Å²) in [5.41, 5.74) is 7.08. The first-order valence-corrected chi connectivity index (χ1v) is 18.5. The van der Waals surface area contributed by atoms with E-state index >= 15 is 0 Å². The molecule has 0 aromatic carbocycles. The summed E-state index contributed by atoms with van der Waals surface area (Å²) < 4.78 is 33.4. The molecular weight excluding hydrogens is 534 g/mol. The molecule has 0 aromatic heterocycles. The van der Waals surface area contributed by atoms with E-state index in [1.165, 1.54) is 145 Å². The van der Waals surface area contributed by atoms with Gasteiger partial charge in [-0.05, 0) is 41.5 Å². The molecule has 0 bridgehead atoms. The van der Waals surface area contributed by atoms with E-state index < -0.39 is 10.4 Å². The zero-order valence-electron chi connectivity index (χ0n) is 29.7. The van der Waals surface area contributed by atoms with Gasteiger partial charge in [0.1, 0.15) is 0 Å². The molecule has 0 atom stereocenters. The van der Waals surface area contributed by atoms with E-state index in [0.717, 1.165) is 13.5 Å². The Bertz CT molecular complexity index is 530. The third-order valence-electron chi connectivity index (χ3n) is 8.82. The third-order valence-corrected chi connectivity index (χ3v) is 9.22. The molecule has 0 saturated carbocycles. The predicted molar refractivity (Wildman–Crippen MR) is 181 cm³/mol. The fourth-order valence-corrected chi connectivity index (χ4v) is 4.01. The van der Waals surface area contributed by atoms with Gasteiger partial charge in [-0.1, -0.05) is 110 Å². The Balaban J connectivity index is -0.000000256. The van der Waals surface area contributed by atoms with Crippen LogP contribution < -0.4 is 0 Å². The van der Waals surface area contributed by atoms with E-state index in [4.69, 9.17) is 5.73 Å². The van der Waals surface area contributed by atoms with Crippen LogP contribution in [0.5, 0.6) is 0 Å². The number of nitrogens with one attached hydrogen (secondary N) is 1. The van der Waals surface area contributed by atoms with E-state index in [1.54, 1.807) is 0 Å². The molecular formula is C33H77N3O4S. The molecule has 41 heavy (non-hydrogen) atoms. The molecule has 7 nitrogen and oxygen atoms in total. The SMILES string of the molecule is CCCCCCCCCCCCCCCCCC[NH-].CC[N+](C)(CC)CC.CC[N+](C)(CC)CC.COS(=O)(=O)[O-]. The van der Waals surface area contributed by atoms with Crippen LogP contribution in [-0.2, 0) is 14.6 Å². The lowest BCUT2D eigenvalue weighted by atomic mass is 10.0. The monoisotopic (exact) mass is 612 g/mol. The zero-order valence-corrected chi connectivity index (χ0v) is 30.5. The molecule has 0 aliphatic carbocycles. The highest BCUT2D eigenvalue weighted by Crippen LogP contribution is 2.13. The van der Waals surface area contributed by atoms with Crippen LogP contribution >= 0.6 is 0 Å². The highest BCUT2D eigenvalue weighted by Gasteiger charge is 2.11. The molecule has 0 heterocycles. The third kappa shape index (κ3) is 41.9. The fraction of sp³-hybridized carbons (Fsp3) is 1.00. The van der Waals surface area contributed by atoms with Crippen molar-refractivity contribution in [1.82, 2.24) is 0 Å². The first-order chi connectivity index (χ1) is 19.3. The summed E-state index contributed by atoms with van der Waals surface area (Å²) in [4.78, 5) is 0. The van der Waals surface area contributed by atoms with Crippen molar-refractivity contribution >= 4 is 10.4 Å². The van der Waals surface area contributed by atoms with E-state index in [0.29, 0.717) is 6.54 Å². The van der Waals surface area contributed by atoms with Crippen LogP contribution in [0.25, 0.3) is 5.73 Å². The van der Waals surface area contributed by atoms with E-state index in [1.807, 2.05) is 0 Å². The maximum absolute atomic E-state index is 9.22.